The zero-order valence-corrected chi connectivity index (χ0v) is 11.9. The normalized spacial score (nSPS) is 14.2. The van der Waals surface area contributed by atoms with Crippen LogP contribution in [0.2, 0.25) is 0 Å². The van der Waals surface area contributed by atoms with Gasteiger partial charge in [-0.05, 0) is 26.0 Å². The lowest BCUT2D eigenvalue weighted by molar-refractivity contribution is 0.242. The van der Waals surface area contributed by atoms with Gasteiger partial charge in [0.05, 0.1) is 17.5 Å². The van der Waals surface area contributed by atoms with Crippen molar-refractivity contribution >= 4 is 0 Å². The Morgan fingerprint density at radius 2 is 2.15 bits per heavy atom. The van der Waals surface area contributed by atoms with Crippen LogP contribution in [0.5, 0.6) is 5.75 Å². The molecule has 0 spiro atoms. The van der Waals surface area contributed by atoms with E-state index in [2.05, 4.69) is 27.4 Å². The molecule has 0 atom stereocenters. The molecule has 1 aromatic carbocycles. The Balaban J connectivity index is 2.01. The van der Waals surface area contributed by atoms with Crippen LogP contribution in [0, 0.1) is 0 Å². The van der Waals surface area contributed by atoms with E-state index in [9.17, 15) is 0 Å². The summed E-state index contributed by atoms with van der Waals surface area (Å²) in [7, 11) is 0. The number of hydrogen-bond donors (Lipinski definition) is 1. The fraction of sp³-hybridized carbons (Fsp3) is 0.375. The second kappa shape index (κ2) is 5.59. The molecule has 1 aliphatic heterocycles. The third-order valence-electron chi connectivity index (χ3n) is 3.35. The van der Waals surface area contributed by atoms with Gasteiger partial charge in [0, 0.05) is 30.6 Å². The van der Waals surface area contributed by atoms with Crippen LogP contribution >= 0.6 is 0 Å². The first-order valence-corrected chi connectivity index (χ1v) is 7.04. The number of aromatic nitrogens is 2. The molecular weight excluding hydrogens is 250 g/mol. The van der Waals surface area contributed by atoms with Gasteiger partial charge < -0.3 is 10.1 Å². The maximum absolute atomic E-state index is 5.76. The van der Waals surface area contributed by atoms with Crippen LogP contribution in [0.25, 0.3) is 11.3 Å². The summed E-state index contributed by atoms with van der Waals surface area (Å²) in [6.07, 6.45) is 2.80. The second-order valence-electron chi connectivity index (χ2n) is 5.27. The summed E-state index contributed by atoms with van der Waals surface area (Å²) in [5, 5.41) is 3.39. The maximum atomic E-state index is 5.76. The third kappa shape index (κ3) is 2.65. The van der Waals surface area contributed by atoms with E-state index in [4.69, 9.17) is 4.74 Å². The van der Waals surface area contributed by atoms with E-state index in [1.165, 1.54) is 5.56 Å². The Kier molecular flexibility index (Phi) is 3.65. The van der Waals surface area contributed by atoms with Crippen LogP contribution in [-0.4, -0.2) is 22.6 Å². The predicted molar refractivity (Wildman–Crippen MR) is 78.6 cm³/mol. The average Bonchev–Trinajstić information content (AvgIpc) is 2.46. The zero-order chi connectivity index (χ0) is 13.9. The lowest BCUT2D eigenvalue weighted by atomic mass is 10.0. The Morgan fingerprint density at radius 1 is 1.25 bits per heavy atom. The summed E-state index contributed by atoms with van der Waals surface area (Å²) in [4.78, 5) is 8.87. The largest absolute Gasteiger partial charge is 0.491 e. The third-order valence-corrected chi connectivity index (χ3v) is 3.35. The van der Waals surface area contributed by atoms with Crippen molar-refractivity contribution in [2.24, 2.45) is 0 Å². The number of nitrogens with one attached hydrogen (secondary N) is 1. The fourth-order valence-corrected chi connectivity index (χ4v) is 2.51. The van der Waals surface area contributed by atoms with Crippen molar-refractivity contribution in [2.75, 3.05) is 6.54 Å². The molecule has 104 valence electrons. The molecule has 0 fully saturated rings. The molecule has 1 aromatic heterocycles. The molecule has 0 aliphatic carbocycles. The Morgan fingerprint density at radius 3 is 3.00 bits per heavy atom. The van der Waals surface area contributed by atoms with Gasteiger partial charge in [-0.1, -0.05) is 12.1 Å². The highest BCUT2D eigenvalue weighted by molar-refractivity contribution is 5.65. The van der Waals surface area contributed by atoms with Crippen molar-refractivity contribution < 1.29 is 4.74 Å². The van der Waals surface area contributed by atoms with Gasteiger partial charge >= 0.3 is 0 Å². The summed E-state index contributed by atoms with van der Waals surface area (Å²) in [6, 6.07) is 8.12. The smallest absolute Gasteiger partial charge is 0.120 e. The quantitative estimate of drug-likeness (QED) is 0.930. The minimum Gasteiger partial charge on any atom is -0.491 e. The predicted octanol–water partition coefficient (Wildman–Crippen LogP) is 2.58. The lowest BCUT2D eigenvalue weighted by Gasteiger charge is -2.19. The van der Waals surface area contributed by atoms with Crippen LogP contribution in [0.4, 0.5) is 0 Å². The summed E-state index contributed by atoms with van der Waals surface area (Å²) in [6.45, 7) is 5.88. The van der Waals surface area contributed by atoms with E-state index in [-0.39, 0.29) is 6.10 Å². The van der Waals surface area contributed by atoms with Crippen molar-refractivity contribution in [3.8, 4) is 17.0 Å². The van der Waals surface area contributed by atoms with E-state index in [1.54, 1.807) is 6.33 Å². The summed E-state index contributed by atoms with van der Waals surface area (Å²) in [5.74, 6) is 0.883. The molecule has 1 N–H and O–H groups in total. The van der Waals surface area contributed by atoms with Crippen molar-refractivity contribution in [2.45, 2.75) is 32.9 Å². The monoisotopic (exact) mass is 269 g/mol. The molecule has 2 heterocycles. The van der Waals surface area contributed by atoms with Crippen molar-refractivity contribution in [1.29, 1.82) is 0 Å². The first-order valence-electron chi connectivity index (χ1n) is 7.04. The van der Waals surface area contributed by atoms with Gasteiger partial charge in [-0.3, -0.25) is 0 Å². The molecular formula is C16H19N3O. The first kappa shape index (κ1) is 13.1. The minimum absolute atomic E-state index is 0.172. The van der Waals surface area contributed by atoms with Gasteiger partial charge in [0.1, 0.15) is 12.1 Å². The minimum atomic E-state index is 0.172. The van der Waals surface area contributed by atoms with Crippen molar-refractivity contribution in [1.82, 2.24) is 15.3 Å². The van der Waals surface area contributed by atoms with Crippen LogP contribution in [0.1, 0.15) is 25.1 Å². The Bertz CT molecular complexity index is 610. The molecule has 20 heavy (non-hydrogen) atoms. The van der Waals surface area contributed by atoms with E-state index >= 15 is 0 Å². The van der Waals surface area contributed by atoms with Crippen LogP contribution < -0.4 is 10.1 Å². The van der Waals surface area contributed by atoms with Gasteiger partial charge in [-0.25, -0.2) is 9.97 Å². The van der Waals surface area contributed by atoms with E-state index in [1.807, 2.05) is 26.0 Å². The summed E-state index contributed by atoms with van der Waals surface area (Å²) < 4.78 is 5.76. The molecule has 0 bridgehead atoms. The molecule has 4 heteroatoms. The molecule has 3 rings (SSSR count). The van der Waals surface area contributed by atoms with E-state index in [0.29, 0.717) is 0 Å². The average molecular weight is 269 g/mol. The number of benzene rings is 1. The molecule has 0 radical (unpaired) electrons. The van der Waals surface area contributed by atoms with Crippen molar-refractivity contribution in [3.05, 3.63) is 41.9 Å². The molecule has 0 saturated carbocycles. The molecule has 0 amide bonds. The molecule has 1 aliphatic rings. The highest BCUT2D eigenvalue weighted by Crippen LogP contribution is 2.27. The number of nitrogens with zero attached hydrogens (tertiary/aromatic N) is 2. The summed E-state index contributed by atoms with van der Waals surface area (Å²) >= 11 is 0. The lowest BCUT2D eigenvalue weighted by Crippen LogP contribution is -2.25. The van der Waals surface area contributed by atoms with Gasteiger partial charge in [0.25, 0.3) is 0 Å². The van der Waals surface area contributed by atoms with Gasteiger partial charge in [-0.15, -0.1) is 0 Å². The van der Waals surface area contributed by atoms with Crippen molar-refractivity contribution in [3.63, 3.8) is 0 Å². The Labute approximate surface area is 119 Å². The van der Waals surface area contributed by atoms with E-state index in [0.717, 1.165) is 42.2 Å². The number of ether oxygens (including phenoxy) is 1. The fourth-order valence-electron chi connectivity index (χ4n) is 2.51. The van der Waals surface area contributed by atoms with Gasteiger partial charge in [0.2, 0.25) is 0 Å². The molecule has 2 aromatic rings. The number of fused-ring (bicyclic) bond motifs is 1. The number of rotatable bonds is 3. The molecule has 0 unspecified atom stereocenters. The first-order chi connectivity index (χ1) is 9.74. The van der Waals surface area contributed by atoms with Crippen LogP contribution in [-0.2, 0) is 13.0 Å². The maximum Gasteiger partial charge on any atom is 0.120 e. The standard InChI is InChI=1S/C16H19N3O/c1-11(2)20-13-5-3-4-12(8-13)16-14-9-17-7-6-15(14)18-10-19-16/h3-5,8,10-11,17H,6-7,9H2,1-2H3. The van der Waals surface area contributed by atoms with E-state index < -0.39 is 0 Å². The SMILES string of the molecule is CC(C)Oc1cccc(-c2ncnc3c2CNCC3)c1. The van der Waals surface area contributed by atoms with Gasteiger partial charge in [-0.2, -0.15) is 0 Å². The highest BCUT2D eigenvalue weighted by Gasteiger charge is 2.16. The topological polar surface area (TPSA) is 47.0 Å². The zero-order valence-electron chi connectivity index (χ0n) is 11.9. The van der Waals surface area contributed by atoms with Crippen LogP contribution in [0.15, 0.2) is 30.6 Å². The van der Waals surface area contributed by atoms with Crippen LogP contribution in [0.3, 0.4) is 0 Å². The molecule has 4 nitrogen and oxygen atoms in total. The Hall–Kier alpha value is -1.94. The second-order valence-corrected chi connectivity index (χ2v) is 5.27. The van der Waals surface area contributed by atoms with Gasteiger partial charge in [0.15, 0.2) is 0 Å². The highest BCUT2D eigenvalue weighted by atomic mass is 16.5. The number of hydrogen-bond acceptors (Lipinski definition) is 4. The summed E-state index contributed by atoms with van der Waals surface area (Å²) in [5.41, 5.74) is 4.46. The molecule has 0 saturated heterocycles.